The smallest absolute Gasteiger partial charge is 0.119 e. The summed E-state index contributed by atoms with van der Waals surface area (Å²) in [6.07, 6.45) is 1.82. The van der Waals surface area contributed by atoms with Crippen LogP contribution in [0.3, 0.4) is 0 Å². The molecule has 0 saturated carbocycles. The van der Waals surface area contributed by atoms with Gasteiger partial charge in [0.1, 0.15) is 5.75 Å². The van der Waals surface area contributed by atoms with E-state index < -0.39 is 0 Å². The largest absolute Gasteiger partial charge is 0.497 e. The lowest BCUT2D eigenvalue weighted by Gasteiger charge is -2.18. The number of hydrogen-bond acceptors (Lipinski definition) is 5. The maximum Gasteiger partial charge on any atom is 0.119 e. The predicted octanol–water partition coefficient (Wildman–Crippen LogP) is 2.55. The molecule has 2 rings (SSSR count). The molecular formula is C13H17N3OS. The lowest BCUT2D eigenvalue weighted by atomic mass is 10.00. The van der Waals surface area contributed by atoms with Gasteiger partial charge in [0.15, 0.2) is 0 Å². The van der Waals surface area contributed by atoms with Crippen molar-refractivity contribution >= 4 is 11.5 Å². The lowest BCUT2D eigenvalue weighted by Crippen LogP contribution is -2.21. The van der Waals surface area contributed by atoms with Gasteiger partial charge in [-0.1, -0.05) is 17.5 Å². The highest BCUT2D eigenvalue weighted by atomic mass is 32.1. The van der Waals surface area contributed by atoms with E-state index in [1.807, 2.05) is 18.3 Å². The first-order chi connectivity index (χ1) is 8.76. The van der Waals surface area contributed by atoms with Crippen molar-refractivity contribution in [3.8, 4) is 5.75 Å². The van der Waals surface area contributed by atoms with E-state index in [2.05, 4.69) is 34.8 Å². The Kier molecular flexibility index (Phi) is 4.28. The molecule has 0 aliphatic heterocycles. The van der Waals surface area contributed by atoms with E-state index in [1.54, 1.807) is 7.11 Å². The van der Waals surface area contributed by atoms with Crippen LogP contribution in [-0.2, 0) is 0 Å². The number of rotatable bonds is 5. The fraction of sp³-hybridized carbons (Fsp3) is 0.385. The Hall–Kier alpha value is -1.46. The Labute approximate surface area is 111 Å². The first-order valence-electron chi connectivity index (χ1n) is 5.91. The summed E-state index contributed by atoms with van der Waals surface area (Å²) in [7, 11) is 1.68. The first kappa shape index (κ1) is 13.0. The number of aryl methyl sites for hydroxylation is 1. The van der Waals surface area contributed by atoms with Crippen LogP contribution in [0.1, 0.15) is 29.0 Å². The van der Waals surface area contributed by atoms with Crippen molar-refractivity contribution in [3.05, 3.63) is 40.4 Å². The van der Waals surface area contributed by atoms with E-state index in [0.717, 1.165) is 17.2 Å². The highest BCUT2D eigenvalue weighted by molar-refractivity contribution is 7.05. The summed E-state index contributed by atoms with van der Waals surface area (Å²) in [5.74, 6) is 0.883. The molecule has 1 heterocycles. The van der Waals surface area contributed by atoms with Gasteiger partial charge < -0.3 is 10.1 Å². The molecular weight excluding hydrogens is 246 g/mol. The van der Waals surface area contributed by atoms with Crippen LogP contribution in [0.25, 0.3) is 0 Å². The third-order valence-electron chi connectivity index (χ3n) is 2.86. The highest BCUT2D eigenvalue weighted by Gasteiger charge is 2.17. The van der Waals surface area contributed by atoms with Crippen LogP contribution in [0.2, 0.25) is 0 Å². The average Bonchev–Trinajstić information content (AvgIpc) is 2.90. The molecule has 0 bridgehead atoms. The number of methoxy groups -OCH3 is 1. The molecule has 1 aromatic heterocycles. The van der Waals surface area contributed by atoms with Gasteiger partial charge in [-0.2, -0.15) is 0 Å². The molecule has 1 aromatic carbocycles. The maximum atomic E-state index is 5.24. The van der Waals surface area contributed by atoms with Gasteiger partial charge in [0.2, 0.25) is 0 Å². The van der Waals surface area contributed by atoms with E-state index >= 15 is 0 Å². The van der Waals surface area contributed by atoms with Crippen LogP contribution < -0.4 is 10.1 Å². The Morgan fingerprint density at radius 2 is 2.28 bits per heavy atom. The molecule has 0 saturated heterocycles. The molecule has 0 spiro atoms. The van der Waals surface area contributed by atoms with Gasteiger partial charge in [-0.3, -0.25) is 0 Å². The fourth-order valence-corrected chi connectivity index (χ4v) is 2.57. The zero-order valence-electron chi connectivity index (χ0n) is 10.8. The van der Waals surface area contributed by atoms with Crippen LogP contribution in [0.4, 0.5) is 0 Å². The SMILES string of the molecule is CCNC(c1cnns1)c1ccc(OC)cc1C. The van der Waals surface area contributed by atoms with Crippen molar-refractivity contribution in [2.45, 2.75) is 19.9 Å². The van der Waals surface area contributed by atoms with Crippen molar-refractivity contribution < 1.29 is 4.74 Å². The van der Waals surface area contributed by atoms with Gasteiger partial charge in [0.05, 0.1) is 24.2 Å². The zero-order valence-corrected chi connectivity index (χ0v) is 11.6. The van der Waals surface area contributed by atoms with E-state index in [1.165, 1.54) is 22.7 Å². The van der Waals surface area contributed by atoms with Crippen LogP contribution in [-0.4, -0.2) is 23.2 Å². The molecule has 18 heavy (non-hydrogen) atoms. The molecule has 1 atom stereocenters. The minimum atomic E-state index is 0.154. The van der Waals surface area contributed by atoms with Gasteiger partial charge in [0.25, 0.3) is 0 Å². The summed E-state index contributed by atoms with van der Waals surface area (Å²) >= 11 is 1.43. The summed E-state index contributed by atoms with van der Waals surface area (Å²) in [5.41, 5.74) is 2.44. The highest BCUT2D eigenvalue weighted by Crippen LogP contribution is 2.28. The molecule has 96 valence electrons. The Bertz CT molecular complexity index is 499. The Morgan fingerprint density at radius 1 is 1.44 bits per heavy atom. The van der Waals surface area contributed by atoms with Gasteiger partial charge in [-0.05, 0) is 48.3 Å². The average molecular weight is 263 g/mol. The van der Waals surface area contributed by atoms with Crippen LogP contribution in [0, 0.1) is 6.92 Å². The number of nitrogens with one attached hydrogen (secondary N) is 1. The minimum Gasteiger partial charge on any atom is -0.497 e. The summed E-state index contributed by atoms with van der Waals surface area (Å²) in [6, 6.07) is 6.29. The number of hydrogen-bond donors (Lipinski definition) is 1. The quantitative estimate of drug-likeness (QED) is 0.900. The monoisotopic (exact) mass is 263 g/mol. The maximum absolute atomic E-state index is 5.24. The molecule has 0 aliphatic carbocycles. The number of aromatic nitrogens is 2. The van der Waals surface area contributed by atoms with E-state index in [0.29, 0.717) is 0 Å². The normalized spacial score (nSPS) is 12.4. The third-order valence-corrected chi connectivity index (χ3v) is 3.59. The zero-order chi connectivity index (χ0) is 13.0. The van der Waals surface area contributed by atoms with Gasteiger partial charge in [0, 0.05) is 0 Å². The molecule has 0 fully saturated rings. The summed E-state index contributed by atoms with van der Waals surface area (Å²) < 4.78 is 9.18. The first-order valence-corrected chi connectivity index (χ1v) is 6.68. The van der Waals surface area contributed by atoms with Gasteiger partial charge >= 0.3 is 0 Å². The molecule has 0 aliphatic rings. The van der Waals surface area contributed by atoms with Crippen LogP contribution >= 0.6 is 11.5 Å². The third kappa shape index (κ3) is 2.68. The fourth-order valence-electron chi connectivity index (χ4n) is 1.97. The minimum absolute atomic E-state index is 0.154. The summed E-state index contributed by atoms with van der Waals surface area (Å²) in [6.45, 7) is 5.09. The molecule has 5 heteroatoms. The topological polar surface area (TPSA) is 47.0 Å². The molecule has 0 radical (unpaired) electrons. The van der Waals surface area contributed by atoms with E-state index in [4.69, 9.17) is 4.74 Å². The number of nitrogens with zero attached hydrogens (tertiary/aromatic N) is 2. The summed E-state index contributed by atoms with van der Waals surface area (Å²) in [5, 5.41) is 7.39. The van der Waals surface area contributed by atoms with E-state index in [-0.39, 0.29) is 6.04 Å². The molecule has 1 N–H and O–H groups in total. The predicted molar refractivity (Wildman–Crippen MR) is 73.2 cm³/mol. The lowest BCUT2D eigenvalue weighted by molar-refractivity contribution is 0.414. The molecule has 0 amide bonds. The van der Waals surface area contributed by atoms with Crippen LogP contribution in [0.15, 0.2) is 24.4 Å². The number of ether oxygens (including phenoxy) is 1. The Morgan fingerprint density at radius 3 is 2.83 bits per heavy atom. The van der Waals surface area contributed by atoms with Crippen LogP contribution in [0.5, 0.6) is 5.75 Å². The summed E-state index contributed by atoms with van der Waals surface area (Å²) in [4.78, 5) is 1.13. The van der Waals surface area contributed by atoms with Crippen molar-refractivity contribution in [1.82, 2.24) is 14.9 Å². The molecule has 1 unspecified atom stereocenters. The van der Waals surface area contributed by atoms with Crippen molar-refractivity contribution in [3.63, 3.8) is 0 Å². The van der Waals surface area contributed by atoms with Crippen molar-refractivity contribution in [1.29, 1.82) is 0 Å². The second-order valence-electron chi connectivity index (χ2n) is 4.03. The van der Waals surface area contributed by atoms with Crippen molar-refractivity contribution in [2.75, 3.05) is 13.7 Å². The van der Waals surface area contributed by atoms with Crippen molar-refractivity contribution in [2.24, 2.45) is 0 Å². The van der Waals surface area contributed by atoms with Gasteiger partial charge in [-0.15, -0.1) is 5.10 Å². The second-order valence-corrected chi connectivity index (χ2v) is 4.85. The second kappa shape index (κ2) is 5.93. The van der Waals surface area contributed by atoms with E-state index in [9.17, 15) is 0 Å². The number of benzene rings is 1. The van der Waals surface area contributed by atoms with Gasteiger partial charge in [-0.25, -0.2) is 0 Å². The standard InChI is InChI=1S/C13H17N3OS/c1-4-14-13(12-8-15-16-18-12)11-6-5-10(17-3)7-9(11)2/h5-8,13-14H,4H2,1-3H3. The Balaban J connectivity index is 2.37. The molecule has 2 aromatic rings. The molecule has 4 nitrogen and oxygen atoms in total.